The van der Waals surface area contributed by atoms with Crippen LogP contribution in [-0.2, 0) is 23.0 Å². The highest BCUT2D eigenvalue weighted by Gasteiger charge is 2.36. The highest BCUT2D eigenvalue weighted by molar-refractivity contribution is 7.89. The molecule has 1 heterocycles. The Labute approximate surface area is 202 Å². The highest BCUT2D eigenvalue weighted by atomic mass is 32.2. The summed E-state index contributed by atoms with van der Waals surface area (Å²) in [4.78, 5) is 2.64. The summed E-state index contributed by atoms with van der Waals surface area (Å²) >= 11 is 0. The predicted molar refractivity (Wildman–Crippen MR) is 134 cm³/mol. The van der Waals surface area contributed by atoms with Gasteiger partial charge in [-0.05, 0) is 53.8 Å². The zero-order valence-corrected chi connectivity index (χ0v) is 20.7. The molecule has 4 rings (SSSR count). The van der Waals surface area contributed by atoms with Crippen molar-refractivity contribution < 1.29 is 17.9 Å². The molecule has 0 spiro atoms. The smallest absolute Gasteiger partial charge is 0.240 e. The molecule has 3 aromatic rings. The number of benzene rings is 3. The quantitative estimate of drug-likeness (QED) is 0.486. The van der Waals surface area contributed by atoms with Gasteiger partial charge in [0.1, 0.15) is 0 Å². The first-order valence-electron chi connectivity index (χ1n) is 11.6. The number of fused-ring (bicyclic) bond motifs is 1. The second-order valence-electron chi connectivity index (χ2n) is 8.51. The number of hydrogen-bond acceptors (Lipinski definition) is 5. The van der Waals surface area contributed by atoms with Crippen LogP contribution in [0.1, 0.15) is 36.1 Å². The number of rotatable bonds is 9. The maximum atomic E-state index is 13.3. The fourth-order valence-electron chi connectivity index (χ4n) is 4.73. The molecule has 1 aliphatic heterocycles. The van der Waals surface area contributed by atoms with Crippen molar-refractivity contribution in [3.63, 3.8) is 0 Å². The molecular formula is C27H32N2O4S. The Kier molecular flexibility index (Phi) is 7.56. The van der Waals surface area contributed by atoms with Crippen molar-refractivity contribution in [3.8, 4) is 11.5 Å². The van der Waals surface area contributed by atoms with Gasteiger partial charge in [0.15, 0.2) is 11.5 Å². The Hall–Kier alpha value is -2.87. The summed E-state index contributed by atoms with van der Waals surface area (Å²) in [6, 6.07) is 22.4. The van der Waals surface area contributed by atoms with Crippen molar-refractivity contribution in [2.45, 2.75) is 43.3 Å². The van der Waals surface area contributed by atoms with Crippen molar-refractivity contribution in [1.29, 1.82) is 0 Å². The average molecular weight is 481 g/mol. The van der Waals surface area contributed by atoms with Gasteiger partial charge in [0.2, 0.25) is 10.0 Å². The zero-order chi connectivity index (χ0) is 24.1. The minimum Gasteiger partial charge on any atom is -0.493 e. The van der Waals surface area contributed by atoms with Crippen LogP contribution in [0.4, 0.5) is 0 Å². The summed E-state index contributed by atoms with van der Waals surface area (Å²) in [5, 5.41) is 0. The van der Waals surface area contributed by atoms with Crippen LogP contribution >= 0.6 is 0 Å². The first-order valence-corrected chi connectivity index (χ1v) is 13.0. The third-order valence-corrected chi connectivity index (χ3v) is 7.94. The number of nitrogens with one attached hydrogen (secondary N) is 1. The molecule has 0 amide bonds. The predicted octanol–water partition coefficient (Wildman–Crippen LogP) is 4.56. The van der Waals surface area contributed by atoms with Crippen molar-refractivity contribution in [2.75, 3.05) is 20.8 Å². The summed E-state index contributed by atoms with van der Waals surface area (Å²) in [7, 11) is -0.423. The van der Waals surface area contributed by atoms with E-state index in [1.54, 1.807) is 38.5 Å². The van der Waals surface area contributed by atoms with Gasteiger partial charge < -0.3 is 9.47 Å². The van der Waals surface area contributed by atoms with E-state index in [4.69, 9.17) is 9.47 Å². The van der Waals surface area contributed by atoms with Gasteiger partial charge in [-0.15, -0.1) is 0 Å². The lowest BCUT2D eigenvalue weighted by Gasteiger charge is -2.42. The molecule has 0 aliphatic carbocycles. The molecule has 0 bridgehead atoms. The Morgan fingerprint density at radius 3 is 2.21 bits per heavy atom. The Balaban J connectivity index is 1.76. The van der Waals surface area contributed by atoms with Gasteiger partial charge in [-0.3, -0.25) is 4.90 Å². The van der Waals surface area contributed by atoms with Crippen LogP contribution in [0.5, 0.6) is 11.5 Å². The SMILES string of the molecule is CC[C@@H](NS(=O)(=O)c1ccccc1)[C@@H]1c2cc(OC)c(OC)cc2CCN1Cc1ccccc1. The van der Waals surface area contributed by atoms with Crippen LogP contribution in [0.3, 0.4) is 0 Å². The molecule has 1 aliphatic rings. The molecule has 7 heteroatoms. The van der Waals surface area contributed by atoms with Crippen LogP contribution in [0.15, 0.2) is 77.7 Å². The van der Waals surface area contributed by atoms with E-state index in [1.165, 1.54) is 5.56 Å². The maximum Gasteiger partial charge on any atom is 0.240 e. The number of hydrogen-bond donors (Lipinski definition) is 1. The van der Waals surface area contributed by atoms with E-state index >= 15 is 0 Å². The van der Waals surface area contributed by atoms with Crippen LogP contribution in [-0.4, -0.2) is 40.1 Å². The Morgan fingerprint density at radius 1 is 0.971 bits per heavy atom. The molecule has 0 aromatic heterocycles. The minimum absolute atomic E-state index is 0.160. The summed E-state index contributed by atoms with van der Waals surface area (Å²) < 4.78 is 40.7. The first kappa shape index (κ1) is 24.3. The molecule has 180 valence electrons. The van der Waals surface area contributed by atoms with Gasteiger partial charge in [-0.2, -0.15) is 0 Å². The van der Waals surface area contributed by atoms with E-state index in [1.807, 2.05) is 43.3 Å². The number of ether oxygens (including phenoxy) is 2. The molecule has 0 saturated carbocycles. The van der Waals surface area contributed by atoms with Crippen LogP contribution in [0.2, 0.25) is 0 Å². The third kappa shape index (κ3) is 5.12. The van der Waals surface area contributed by atoms with Gasteiger partial charge >= 0.3 is 0 Å². The molecule has 34 heavy (non-hydrogen) atoms. The summed E-state index contributed by atoms with van der Waals surface area (Å²) in [5.74, 6) is 1.34. The molecule has 1 N–H and O–H groups in total. The van der Waals surface area contributed by atoms with Gasteiger partial charge in [0.25, 0.3) is 0 Å². The van der Waals surface area contributed by atoms with Gasteiger partial charge in [0.05, 0.1) is 25.2 Å². The lowest BCUT2D eigenvalue weighted by molar-refractivity contribution is 0.143. The Bertz CT molecular complexity index is 1200. The van der Waals surface area contributed by atoms with Crippen LogP contribution < -0.4 is 14.2 Å². The monoisotopic (exact) mass is 480 g/mol. The van der Waals surface area contributed by atoms with Crippen LogP contribution in [0, 0.1) is 0 Å². The number of sulfonamides is 1. The summed E-state index contributed by atoms with van der Waals surface area (Å²) in [5.41, 5.74) is 3.42. The van der Waals surface area contributed by atoms with Gasteiger partial charge in [-0.1, -0.05) is 55.5 Å². The number of methoxy groups -OCH3 is 2. The van der Waals surface area contributed by atoms with E-state index in [2.05, 4.69) is 21.8 Å². The van der Waals surface area contributed by atoms with Crippen molar-refractivity contribution in [2.24, 2.45) is 0 Å². The topological polar surface area (TPSA) is 67.9 Å². The molecule has 0 fully saturated rings. The lowest BCUT2D eigenvalue weighted by atomic mass is 9.86. The molecule has 0 unspecified atom stereocenters. The largest absolute Gasteiger partial charge is 0.493 e. The van der Waals surface area contributed by atoms with Crippen molar-refractivity contribution >= 4 is 10.0 Å². The molecule has 3 aromatic carbocycles. The summed E-state index contributed by atoms with van der Waals surface area (Å²) in [6.45, 7) is 3.56. The van der Waals surface area contributed by atoms with Crippen molar-refractivity contribution in [1.82, 2.24) is 9.62 Å². The Morgan fingerprint density at radius 2 is 1.59 bits per heavy atom. The second-order valence-corrected chi connectivity index (χ2v) is 10.2. The molecule has 0 radical (unpaired) electrons. The molecule has 2 atom stereocenters. The van der Waals surface area contributed by atoms with E-state index in [-0.39, 0.29) is 17.0 Å². The zero-order valence-electron chi connectivity index (χ0n) is 19.9. The number of nitrogens with zero attached hydrogens (tertiary/aromatic N) is 1. The molecule has 6 nitrogen and oxygen atoms in total. The minimum atomic E-state index is -3.68. The fraction of sp³-hybridized carbons (Fsp3) is 0.333. The first-order chi connectivity index (χ1) is 16.5. The van der Waals surface area contributed by atoms with Crippen LogP contribution in [0.25, 0.3) is 0 Å². The van der Waals surface area contributed by atoms with E-state index in [9.17, 15) is 8.42 Å². The van der Waals surface area contributed by atoms with E-state index < -0.39 is 10.0 Å². The highest BCUT2D eigenvalue weighted by Crippen LogP contribution is 2.41. The normalized spacial score (nSPS) is 17.1. The summed E-state index contributed by atoms with van der Waals surface area (Å²) in [6.07, 6.45) is 1.48. The average Bonchev–Trinajstić information content (AvgIpc) is 2.87. The standard InChI is InChI=1S/C27H32N2O4S/c1-4-24(28-34(30,31)22-13-9-6-10-14-22)27-23-18-26(33-3)25(32-2)17-21(23)15-16-29(27)19-20-11-7-5-8-12-20/h5-14,17-18,24,27-28H,4,15-16,19H2,1-3H3/t24-,27+/m1/s1. The van der Waals surface area contributed by atoms with Gasteiger partial charge in [0, 0.05) is 19.1 Å². The second kappa shape index (κ2) is 10.6. The van der Waals surface area contributed by atoms with E-state index in [0.717, 1.165) is 30.6 Å². The third-order valence-electron chi connectivity index (χ3n) is 6.44. The molecule has 0 saturated heterocycles. The lowest BCUT2D eigenvalue weighted by Crippen LogP contribution is -2.48. The molecular weight excluding hydrogens is 448 g/mol. The van der Waals surface area contributed by atoms with E-state index in [0.29, 0.717) is 17.9 Å². The maximum absolute atomic E-state index is 13.3. The van der Waals surface area contributed by atoms with Crippen molar-refractivity contribution in [3.05, 3.63) is 89.5 Å². The fourth-order valence-corrected chi connectivity index (χ4v) is 6.08. The van der Waals surface area contributed by atoms with Gasteiger partial charge in [-0.25, -0.2) is 13.1 Å².